The molecule has 1 aromatic rings. The average Bonchev–Trinajstić information content (AvgIpc) is 2.84. The molecule has 3 heterocycles. The summed E-state index contributed by atoms with van der Waals surface area (Å²) in [5.41, 5.74) is 0.949. The van der Waals surface area contributed by atoms with E-state index in [1.165, 1.54) is 0 Å². The van der Waals surface area contributed by atoms with Crippen molar-refractivity contribution in [2.45, 2.75) is 58.2 Å². The maximum atomic E-state index is 12.7. The van der Waals surface area contributed by atoms with Gasteiger partial charge in [0, 0.05) is 17.8 Å². The van der Waals surface area contributed by atoms with Gasteiger partial charge in [0.25, 0.3) is 0 Å². The molecule has 0 saturated carbocycles. The minimum absolute atomic E-state index is 0.0162. The van der Waals surface area contributed by atoms with Gasteiger partial charge in [0.2, 0.25) is 11.8 Å². The standard InChI is InChI=1S/C16H23N3O3S/c1-3-4-14-17-10(2)13(23-14)8-18-9-15(21)19-6-5-11(20)7-12(19)16(18)22/h11-12,20H,3-9H2,1-2H3/t11-,12+/m1/s1. The normalized spacial score (nSPS) is 25.0. The Hall–Kier alpha value is -1.47. The van der Waals surface area contributed by atoms with Gasteiger partial charge >= 0.3 is 0 Å². The molecule has 2 atom stereocenters. The summed E-state index contributed by atoms with van der Waals surface area (Å²) in [5, 5.41) is 10.9. The molecule has 1 N–H and O–H groups in total. The van der Waals surface area contributed by atoms with Gasteiger partial charge in [-0.05, 0) is 26.2 Å². The van der Waals surface area contributed by atoms with Gasteiger partial charge in [0.1, 0.15) is 12.6 Å². The van der Waals surface area contributed by atoms with Crippen molar-refractivity contribution in [2.75, 3.05) is 13.1 Å². The summed E-state index contributed by atoms with van der Waals surface area (Å²) in [7, 11) is 0. The summed E-state index contributed by atoms with van der Waals surface area (Å²) in [6.45, 7) is 5.12. The summed E-state index contributed by atoms with van der Waals surface area (Å²) in [6.07, 6.45) is 2.41. The second kappa shape index (κ2) is 6.57. The first-order valence-corrected chi connectivity index (χ1v) is 9.02. The lowest BCUT2D eigenvalue weighted by Crippen LogP contribution is -2.62. The van der Waals surface area contributed by atoms with Crippen LogP contribution < -0.4 is 0 Å². The highest BCUT2D eigenvalue weighted by Crippen LogP contribution is 2.27. The van der Waals surface area contributed by atoms with E-state index in [1.807, 2.05) is 6.92 Å². The van der Waals surface area contributed by atoms with Crippen LogP contribution in [0.1, 0.15) is 41.8 Å². The Morgan fingerprint density at radius 3 is 2.91 bits per heavy atom. The van der Waals surface area contributed by atoms with Crippen molar-refractivity contribution in [3.63, 3.8) is 0 Å². The van der Waals surface area contributed by atoms with E-state index in [9.17, 15) is 14.7 Å². The molecule has 3 rings (SSSR count). The Bertz CT molecular complexity index is 616. The third-order valence-electron chi connectivity index (χ3n) is 4.55. The Morgan fingerprint density at radius 2 is 2.17 bits per heavy atom. The number of aliphatic hydroxyl groups excluding tert-OH is 1. The summed E-state index contributed by atoms with van der Waals surface area (Å²) in [4.78, 5) is 33.9. The van der Waals surface area contributed by atoms with Gasteiger partial charge < -0.3 is 14.9 Å². The lowest BCUT2D eigenvalue weighted by atomic mass is 9.96. The highest BCUT2D eigenvalue weighted by Gasteiger charge is 2.42. The molecule has 2 aliphatic rings. The zero-order valence-electron chi connectivity index (χ0n) is 13.6. The number of hydrogen-bond donors (Lipinski definition) is 1. The van der Waals surface area contributed by atoms with Crippen LogP contribution in [0.4, 0.5) is 0 Å². The third-order valence-corrected chi connectivity index (χ3v) is 5.76. The van der Waals surface area contributed by atoms with Crippen LogP contribution in [-0.4, -0.2) is 56.9 Å². The van der Waals surface area contributed by atoms with Crippen LogP contribution in [-0.2, 0) is 22.6 Å². The molecule has 0 aliphatic carbocycles. The Kier molecular flexibility index (Phi) is 4.68. The number of nitrogens with zero attached hydrogens (tertiary/aromatic N) is 3. The van der Waals surface area contributed by atoms with Gasteiger partial charge in [-0.3, -0.25) is 9.59 Å². The SMILES string of the molecule is CCCc1nc(C)c(CN2CC(=O)N3CC[C@@H](O)C[C@H]3C2=O)s1. The van der Waals surface area contributed by atoms with E-state index >= 15 is 0 Å². The van der Waals surface area contributed by atoms with Crippen LogP contribution in [0.3, 0.4) is 0 Å². The van der Waals surface area contributed by atoms with Gasteiger partial charge in [-0.25, -0.2) is 4.98 Å². The number of carbonyl (C=O) groups is 2. The van der Waals surface area contributed by atoms with Gasteiger partial charge in [-0.1, -0.05) is 6.92 Å². The summed E-state index contributed by atoms with van der Waals surface area (Å²) in [6, 6.07) is -0.497. The average molecular weight is 337 g/mol. The van der Waals surface area contributed by atoms with Gasteiger partial charge in [0.05, 0.1) is 23.4 Å². The van der Waals surface area contributed by atoms with Crippen molar-refractivity contribution in [3.05, 3.63) is 15.6 Å². The van der Waals surface area contributed by atoms with Crippen LogP contribution in [0.25, 0.3) is 0 Å². The Morgan fingerprint density at radius 1 is 1.39 bits per heavy atom. The maximum Gasteiger partial charge on any atom is 0.246 e. The molecule has 1 aromatic heterocycles. The van der Waals surface area contributed by atoms with E-state index in [0.29, 0.717) is 25.9 Å². The first kappa shape index (κ1) is 16.4. The summed E-state index contributed by atoms with van der Waals surface area (Å²) in [5.74, 6) is -0.0642. The zero-order chi connectivity index (χ0) is 16.6. The van der Waals surface area contributed by atoms with Crippen LogP contribution >= 0.6 is 11.3 Å². The molecule has 0 unspecified atom stereocenters. The molecule has 6 nitrogen and oxygen atoms in total. The minimum atomic E-state index is -0.497. The van der Waals surface area contributed by atoms with E-state index < -0.39 is 12.1 Å². The van der Waals surface area contributed by atoms with E-state index in [2.05, 4.69) is 11.9 Å². The predicted molar refractivity (Wildman–Crippen MR) is 87.0 cm³/mol. The van der Waals surface area contributed by atoms with Gasteiger partial charge in [-0.15, -0.1) is 11.3 Å². The Labute approximate surface area is 140 Å². The second-order valence-corrected chi connectivity index (χ2v) is 7.51. The van der Waals surface area contributed by atoms with Crippen molar-refractivity contribution in [1.29, 1.82) is 0 Å². The molecule has 126 valence electrons. The second-order valence-electron chi connectivity index (χ2n) is 6.34. The fraction of sp³-hybridized carbons (Fsp3) is 0.688. The number of rotatable bonds is 4. The lowest BCUT2D eigenvalue weighted by molar-refractivity contribution is -0.160. The van der Waals surface area contributed by atoms with Crippen LogP contribution in [0.2, 0.25) is 0 Å². The van der Waals surface area contributed by atoms with E-state index in [1.54, 1.807) is 21.1 Å². The number of thiazole rings is 1. The molecule has 0 radical (unpaired) electrons. The van der Waals surface area contributed by atoms with Gasteiger partial charge in [-0.2, -0.15) is 0 Å². The number of amides is 2. The predicted octanol–water partition coefficient (Wildman–Crippen LogP) is 1.10. The van der Waals surface area contributed by atoms with Crippen molar-refractivity contribution in [1.82, 2.24) is 14.8 Å². The molecule has 0 aromatic carbocycles. The molecule has 23 heavy (non-hydrogen) atoms. The molecule has 2 fully saturated rings. The maximum absolute atomic E-state index is 12.7. The topological polar surface area (TPSA) is 73.7 Å². The largest absolute Gasteiger partial charge is 0.393 e. The smallest absolute Gasteiger partial charge is 0.246 e. The number of aromatic nitrogens is 1. The van der Waals surface area contributed by atoms with E-state index in [-0.39, 0.29) is 18.4 Å². The molecule has 2 aliphatic heterocycles. The van der Waals surface area contributed by atoms with Crippen molar-refractivity contribution in [3.8, 4) is 0 Å². The van der Waals surface area contributed by atoms with Crippen LogP contribution in [0.15, 0.2) is 0 Å². The summed E-state index contributed by atoms with van der Waals surface area (Å²) < 4.78 is 0. The van der Waals surface area contributed by atoms with Crippen molar-refractivity contribution < 1.29 is 14.7 Å². The molecule has 0 spiro atoms. The van der Waals surface area contributed by atoms with E-state index in [0.717, 1.165) is 28.4 Å². The van der Waals surface area contributed by atoms with Crippen molar-refractivity contribution >= 4 is 23.2 Å². The highest BCUT2D eigenvalue weighted by molar-refractivity contribution is 7.11. The molecule has 2 saturated heterocycles. The van der Waals surface area contributed by atoms with Gasteiger partial charge in [0.15, 0.2) is 0 Å². The first-order chi connectivity index (χ1) is 11.0. The molecule has 7 heteroatoms. The summed E-state index contributed by atoms with van der Waals surface area (Å²) >= 11 is 1.63. The number of piperidine rings is 1. The highest BCUT2D eigenvalue weighted by atomic mass is 32.1. The fourth-order valence-electron chi connectivity index (χ4n) is 3.29. The number of carbonyl (C=O) groups excluding carboxylic acids is 2. The molecular formula is C16H23N3O3S. The molecule has 0 bridgehead atoms. The monoisotopic (exact) mass is 337 g/mol. The van der Waals surface area contributed by atoms with E-state index in [4.69, 9.17) is 0 Å². The number of fused-ring (bicyclic) bond motifs is 1. The van der Waals surface area contributed by atoms with Crippen LogP contribution in [0, 0.1) is 6.92 Å². The first-order valence-electron chi connectivity index (χ1n) is 8.21. The quantitative estimate of drug-likeness (QED) is 0.893. The number of piperazine rings is 1. The molecule has 2 amide bonds. The lowest BCUT2D eigenvalue weighted by Gasteiger charge is -2.43. The zero-order valence-corrected chi connectivity index (χ0v) is 14.4. The Balaban J connectivity index is 1.75. The fourth-order valence-corrected chi connectivity index (χ4v) is 4.47. The number of aliphatic hydroxyl groups is 1. The number of aryl methyl sites for hydroxylation is 2. The third kappa shape index (κ3) is 3.26. The minimum Gasteiger partial charge on any atom is -0.393 e. The number of hydrogen-bond acceptors (Lipinski definition) is 5. The molecular weight excluding hydrogens is 314 g/mol. The van der Waals surface area contributed by atoms with Crippen molar-refractivity contribution in [2.24, 2.45) is 0 Å². The van der Waals surface area contributed by atoms with Crippen LogP contribution in [0.5, 0.6) is 0 Å².